The van der Waals surface area contributed by atoms with Gasteiger partial charge < -0.3 is 30.1 Å². The van der Waals surface area contributed by atoms with E-state index in [2.05, 4.69) is 16.1 Å². The number of rotatable bonds is 25. The molecular formula is C45H66N4O8. The van der Waals surface area contributed by atoms with Gasteiger partial charge in [0.15, 0.2) is 5.78 Å². The first-order chi connectivity index (χ1) is 27.2. The van der Waals surface area contributed by atoms with Crippen LogP contribution in [0.5, 0.6) is 0 Å². The van der Waals surface area contributed by atoms with E-state index in [1.807, 2.05) is 89.3 Å². The van der Waals surface area contributed by atoms with Crippen molar-refractivity contribution in [2.24, 2.45) is 17.8 Å². The predicted octanol–water partition coefficient (Wildman–Crippen LogP) is 5.31. The molecule has 0 radical (unpaired) electrons. The summed E-state index contributed by atoms with van der Waals surface area (Å²) in [6.07, 6.45) is 15.3. The lowest BCUT2D eigenvalue weighted by Gasteiger charge is -2.36. The van der Waals surface area contributed by atoms with E-state index in [4.69, 9.17) is 4.74 Å². The Bertz CT molecular complexity index is 1570. The zero-order chi connectivity index (χ0) is 42.3. The van der Waals surface area contributed by atoms with Crippen LogP contribution in [-0.4, -0.2) is 89.7 Å². The van der Waals surface area contributed by atoms with Gasteiger partial charge in [-0.2, -0.15) is 0 Å². The van der Waals surface area contributed by atoms with Crippen molar-refractivity contribution in [3.63, 3.8) is 0 Å². The summed E-state index contributed by atoms with van der Waals surface area (Å²) in [6.45, 7) is 11.3. The molecular weight excluding hydrogens is 725 g/mol. The first-order valence-corrected chi connectivity index (χ1v) is 20.3. The summed E-state index contributed by atoms with van der Waals surface area (Å²) in [5.41, 5.74) is 4.68. The minimum atomic E-state index is -0.875. The monoisotopic (exact) mass is 790 g/mol. The van der Waals surface area contributed by atoms with Gasteiger partial charge in [0, 0.05) is 38.1 Å². The molecule has 1 fully saturated rings. The Morgan fingerprint density at radius 1 is 1.00 bits per heavy atom. The van der Waals surface area contributed by atoms with E-state index >= 15 is 0 Å². The normalized spacial score (nSPS) is 18.3. The molecule has 5 unspecified atom stereocenters. The molecule has 1 aromatic rings. The van der Waals surface area contributed by atoms with Gasteiger partial charge in [-0.3, -0.25) is 24.2 Å². The maximum Gasteiger partial charge on any atom is 0.325 e. The fourth-order valence-electron chi connectivity index (χ4n) is 6.58. The Balaban J connectivity index is 2.19. The van der Waals surface area contributed by atoms with Gasteiger partial charge in [-0.15, -0.1) is 0 Å². The molecule has 1 aromatic carbocycles. The van der Waals surface area contributed by atoms with Crippen LogP contribution in [-0.2, 0) is 39.9 Å². The van der Waals surface area contributed by atoms with Crippen molar-refractivity contribution in [2.75, 3.05) is 13.6 Å². The van der Waals surface area contributed by atoms with Crippen LogP contribution < -0.4 is 16.1 Å². The van der Waals surface area contributed by atoms with E-state index in [1.54, 1.807) is 19.2 Å². The molecule has 4 N–H and O–H groups in total. The SMILES string of the molecule is CCCC(=O)/C=C/C=C(\C)[C@H](C/C=C/C=C/C[C@H](C)C(O)C(C=O)CCC(C)=O)OC(=O)C1CCCN(C(=O)C(Cc2ccccc2)NC(=O)C(NC)C(C)C)N1. The number of aliphatic hydroxyl groups is 1. The van der Waals surface area contributed by atoms with Gasteiger partial charge >= 0.3 is 5.97 Å². The number of likely N-dealkylation sites (N-methyl/N-ethyl adjacent to an activating group) is 1. The topological polar surface area (TPSA) is 171 Å². The number of hydrazine groups is 1. The number of allylic oxidation sites excluding steroid dienone is 6. The standard InChI is InChI=1S/C45H66N4O8/c1-8-18-37(52)23-16-20-32(4)40(25-15-10-9-12-19-33(5)42(53)36(30-50)27-26-34(6)51)57-45(56)38-24-17-28-49(48-38)44(55)39(29-35-21-13-11-14-22-35)47-43(54)41(46-7)31(2)3/h9-16,20-23,30-31,33,36,38-42,46,48,53H,8,17-19,24-29H2,1-7H3,(H,47,54)/b12-9+,15-10+,23-16+,32-20+/t33-,36?,38?,39?,40-,41?,42?/m0/s1. The number of esters is 1. The van der Waals surface area contributed by atoms with Crippen molar-refractivity contribution in [2.45, 2.75) is 130 Å². The van der Waals surface area contributed by atoms with Crippen LogP contribution in [0.2, 0.25) is 0 Å². The molecule has 1 heterocycles. The molecule has 12 nitrogen and oxygen atoms in total. The number of aliphatic hydroxyl groups excluding tert-OH is 1. The van der Waals surface area contributed by atoms with Gasteiger partial charge in [-0.25, -0.2) is 5.43 Å². The molecule has 1 saturated heterocycles. The van der Waals surface area contributed by atoms with Gasteiger partial charge in [-0.05, 0) is 82.0 Å². The summed E-state index contributed by atoms with van der Waals surface area (Å²) in [4.78, 5) is 76.0. The third-order valence-corrected chi connectivity index (χ3v) is 10.1. The maximum absolute atomic E-state index is 14.0. The second-order valence-electron chi connectivity index (χ2n) is 15.3. The average molecular weight is 791 g/mol. The number of hydrogen-bond donors (Lipinski definition) is 4. The number of nitrogens with zero attached hydrogens (tertiary/aromatic N) is 1. The highest BCUT2D eigenvalue weighted by Crippen LogP contribution is 2.21. The van der Waals surface area contributed by atoms with Gasteiger partial charge in [0.2, 0.25) is 5.91 Å². The zero-order valence-corrected chi connectivity index (χ0v) is 34.9. The summed E-state index contributed by atoms with van der Waals surface area (Å²) < 4.78 is 6.06. The zero-order valence-electron chi connectivity index (χ0n) is 34.9. The van der Waals surface area contributed by atoms with E-state index in [-0.39, 0.29) is 48.1 Å². The number of Topliss-reactive ketones (excluding diaryl/α,β-unsaturated/α-hetero) is 1. The molecule has 0 saturated carbocycles. The van der Waals surface area contributed by atoms with Crippen molar-refractivity contribution in [3.05, 3.63) is 84.0 Å². The lowest BCUT2D eigenvalue weighted by molar-refractivity contribution is -0.156. The van der Waals surface area contributed by atoms with Crippen molar-refractivity contribution < 1.29 is 38.6 Å². The van der Waals surface area contributed by atoms with E-state index < -0.39 is 42.2 Å². The minimum Gasteiger partial charge on any atom is -0.456 e. The Labute approximate surface area is 339 Å². The fraction of sp³-hybridized carbons (Fsp3) is 0.556. The number of aldehydes is 1. The van der Waals surface area contributed by atoms with Crippen LogP contribution in [0, 0.1) is 17.8 Å². The second kappa shape index (κ2) is 26.4. The molecule has 2 amide bonds. The van der Waals surface area contributed by atoms with Crippen LogP contribution in [0.1, 0.15) is 98.5 Å². The summed E-state index contributed by atoms with van der Waals surface area (Å²) in [5, 5.41) is 18.0. The highest BCUT2D eigenvalue weighted by molar-refractivity contribution is 5.90. The Morgan fingerprint density at radius 3 is 2.30 bits per heavy atom. The number of hydrogen-bond acceptors (Lipinski definition) is 10. The lowest BCUT2D eigenvalue weighted by atomic mass is 9.87. The summed E-state index contributed by atoms with van der Waals surface area (Å²) >= 11 is 0. The first-order valence-electron chi connectivity index (χ1n) is 20.3. The van der Waals surface area contributed by atoms with Gasteiger partial charge in [0.25, 0.3) is 5.91 Å². The minimum absolute atomic E-state index is 0.00129. The third kappa shape index (κ3) is 17.7. The molecule has 12 heteroatoms. The highest BCUT2D eigenvalue weighted by Gasteiger charge is 2.35. The third-order valence-electron chi connectivity index (χ3n) is 10.1. The molecule has 7 atom stereocenters. The second-order valence-corrected chi connectivity index (χ2v) is 15.3. The molecule has 2 rings (SSSR count). The summed E-state index contributed by atoms with van der Waals surface area (Å²) in [5.74, 6) is -2.01. The van der Waals surface area contributed by atoms with Gasteiger partial charge in [0.05, 0.1) is 12.1 Å². The van der Waals surface area contributed by atoms with Gasteiger partial charge in [0.1, 0.15) is 30.3 Å². The number of nitrogens with one attached hydrogen (secondary N) is 3. The Morgan fingerprint density at radius 2 is 1.68 bits per heavy atom. The summed E-state index contributed by atoms with van der Waals surface area (Å²) in [6, 6.07) is 7.27. The van der Waals surface area contributed by atoms with Crippen molar-refractivity contribution in [1.29, 1.82) is 0 Å². The van der Waals surface area contributed by atoms with E-state index in [0.29, 0.717) is 51.4 Å². The molecule has 57 heavy (non-hydrogen) atoms. The Hall–Kier alpha value is -4.52. The quantitative estimate of drug-likeness (QED) is 0.0441. The maximum atomic E-state index is 14.0. The number of ether oxygens (including phenoxy) is 1. The fourth-order valence-corrected chi connectivity index (χ4v) is 6.58. The van der Waals surface area contributed by atoms with E-state index in [9.17, 15) is 33.9 Å². The first kappa shape index (κ1) is 48.6. The molecule has 1 aliphatic heterocycles. The molecule has 0 spiro atoms. The number of carbonyl (C=O) groups excluding carboxylic acids is 6. The number of ketones is 2. The Kier molecular flexibility index (Phi) is 22.5. The van der Waals surface area contributed by atoms with Crippen LogP contribution in [0.25, 0.3) is 0 Å². The number of amides is 2. The smallest absolute Gasteiger partial charge is 0.325 e. The van der Waals surface area contributed by atoms with E-state index in [1.165, 1.54) is 18.0 Å². The van der Waals surface area contributed by atoms with Gasteiger partial charge in [-0.1, -0.05) is 94.5 Å². The van der Waals surface area contributed by atoms with Crippen LogP contribution in [0.15, 0.2) is 78.4 Å². The predicted molar refractivity (Wildman–Crippen MR) is 222 cm³/mol. The van der Waals surface area contributed by atoms with Crippen molar-refractivity contribution in [1.82, 2.24) is 21.1 Å². The molecule has 0 aromatic heterocycles. The van der Waals surface area contributed by atoms with Crippen molar-refractivity contribution >= 4 is 35.6 Å². The molecule has 0 bridgehead atoms. The van der Waals surface area contributed by atoms with E-state index in [0.717, 1.165) is 17.6 Å². The van der Waals surface area contributed by atoms with Crippen LogP contribution in [0.4, 0.5) is 0 Å². The highest BCUT2D eigenvalue weighted by atomic mass is 16.5. The molecule has 0 aliphatic carbocycles. The lowest BCUT2D eigenvalue weighted by Crippen LogP contribution is -2.61. The summed E-state index contributed by atoms with van der Waals surface area (Å²) in [7, 11) is 1.71. The average Bonchev–Trinajstić information content (AvgIpc) is 3.18. The van der Waals surface area contributed by atoms with Crippen LogP contribution >= 0.6 is 0 Å². The number of carbonyl (C=O) groups is 6. The number of benzene rings is 1. The largest absolute Gasteiger partial charge is 0.456 e. The van der Waals surface area contributed by atoms with Crippen molar-refractivity contribution in [3.8, 4) is 0 Å². The molecule has 1 aliphatic rings. The molecule has 314 valence electrons. The van der Waals surface area contributed by atoms with Crippen LogP contribution in [0.3, 0.4) is 0 Å².